The molecule has 2 aliphatic carbocycles. The summed E-state index contributed by atoms with van der Waals surface area (Å²) in [7, 11) is 0. The Labute approximate surface area is 332 Å². The summed E-state index contributed by atoms with van der Waals surface area (Å²) in [6.45, 7) is 2.35. The molecule has 0 N–H and O–H groups in total. The third kappa shape index (κ3) is 4.54. The average molecular weight is 732 g/mol. The SMILES string of the molecule is CC1C(N(c2ccc(-c3ccccc3)cc2)c2ccc3c(c2)C2(c4ccccc4Oc4ccccc42)c2ccc4ccccc4c2-3)=CC=C2Oc3ccccc3C21. The first-order chi connectivity index (χ1) is 28.2. The molecule has 8 aromatic rings. The van der Waals surface area contributed by atoms with E-state index in [1.807, 2.05) is 0 Å². The van der Waals surface area contributed by atoms with Crippen molar-refractivity contribution >= 4 is 22.1 Å². The maximum atomic E-state index is 6.72. The number of allylic oxidation sites excluding steroid dienone is 4. The Morgan fingerprint density at radius 1 is 0.491 bits per heavy atom. The lowest BCUT2D eigenvalue weighted by Gasteiger charge is -2.40. The molecule has 0 fully saturated rings. The van der Waals surface area contributed by atoms with Gasteiger partial charge in [-0.2, -0.15) is 0 Å². The summed E-state index contributed by atoms with van der Waals surface area (Å²) < 4.78 is 13.2. The van der Waals surface area contributed by atoms with Crippen LogP contribution in [0.4, 0.5) is 11.4 Å². The Balaban J connectivity index is 1.12. The van der Waals surface area contributed by atoms with Crippen molar-refractivity contribution in [2.75, 3.05) is 4.90 Å². The number of para-hydroxylation sites is 3. The van der Waals surface area contributed by atoms with E-state index in [0.29, 0.717) is 0 Å². The van der Waals surface area contributed by atoms with Crippen molar-refractivity contribution in [3.05, 3.63) is 233 Å². The smallest absolute Gasteiger partial charge is 0.132 e. The minimum atomic E-state index is -0.600. The van der Waals surface area contributed by atoms with Gasteiger partial charge in [0.2, 0.25) is 0 Å². The van der Waals surface area contributed by atoms with Gasteiger partial charge in [-0.25, -0.2) is 0 Å². The zero-order valence-corrected chi connectivity index (χ0v) is 31.4. The summed E-state index contributed by atoms with van der Waals surface area (Å²) in [5, 5.41) is 2.50. The summed E-state index contributed by atoms with van der Waals surface area (Å²) in [4.78, 5) is 2.49. The molecular formula is C54H37NO2. The number of hydrogen-bond donors (Lipinski definition) is 0. The summed E-state index contributed by atoms with van der Waals surface area (Å²) in [6.07, 6.45) is 4.46. The number of ether oxygens (including phenoxy) is 2. The van der Waals surface area contributed by atoms with Crippen molar-refractivity contribution in [2.24, 2.45) is 5.92 Å². The van der Waals surface area contributed by atoms with Crippen molar-refractivity contribution in [3.8, 4) is 39.5 Å². The molecule has 12 rings (SSSR count). The number of anilines is 2. The van der Waals surface area contributed by atoms with E-state index in [9.17, 15) is 0 Å². The van der Waals surface area contributed by atoms with Gasteiger partial charge in [0.25, 0.3) is 0 Å². The van der Waals surface area contributed by atoms with Crippen molar-refractivity contribution in [1.82, 2.24) is 0 Å². The Hall–Kier alpha value is -7.10. The van der Waals surface area contributed by atoms with Gasteiger partial charge in [0, 0.05) is 39.7 Å². The van der Waals surface area contributed by atoms with E-state index >= 15 is 0 Å². The van der Waals surface area contributed by atoms with Crippen molar-refractivity contribution < 1.29 is 9.47 Å². The van der Waals surface area contributed by atoms with E-state index in [-0.39, 0.29) is 11.8 Å². The van der Waals surface area contributed by atoms with Gasteiger partial charge in [0.05, 0.1) is 11.3 Å². The first-order valence-corrected chi connectivity index (χ1v) is 19.9. The number of benzene rings is 8. The lowest BCUT2D eigenvalue weighted by Crippen LogP contribution is -2.32. The van der Waals surface area contributed by atoms with E-state index in [2.05, 4.69) is 206 Å². The predicted octanol–water partition coefficient (Wildman–Crippen LogP) is 13.7. The van der Waals surface area contributed by atoms with E-state index in [1.165, 1.54) is 55.4 Å². The maximum absolute atomic E-state index is 6.72. The topological polar surface area (TPSA) is 21.7 Å². The monoisotopic (exact) mass is 731 g/mol. The van der Waals surface area contributed by atoms with Crippen LogP contribution in [0.25, 0.3) is 33.0 Å². The zero-order valence-electron chi connectivity index (χ0n) is 31.4. The van der Waals surface area contributed by atoms with E-state index in [4.69, 9.17) is 9.47 Å². The Kier molecular flexibility index (Phi) is 6.89. The Morgan fingerprint density at radius 3 is 1.93 bits per heavy atom. The first-order valence-electron chi connectivity index (χ1n) is 19.9. The fourth-order valence-electron chi connectivity index (χ4n) is 10.3. The number of rotatable bonds is 4. The molecule has 3 nitrogen and oxygen atoms in total. The van der Waals surface area contributed by atoms with Crippen LogP contribution in [0.1, 0.15) is 40.7 Å². The average Bonchev–Trinajstić information content (AvgIpc) is 3.80. The second kappa shape index (κ2) is 12.2. The molecule has 2 aliphatic heterocycles. The maximum Gasteiger partial charge on any atom is 0.132 e. The van der Waals surface area contributed by atoms with Gasteiger partial charge in [0.1, 0.15) is 23.0 Å². The Bertz CT molecular complexity index is 2950. The molecule has 0 saturated heterocycles. The van der Waals surface area contributed by atoms with Crippen LogP contribution in [-0.4, -0.2) is 0 Å². The molecule has 0 radical (unpaired) electrons. The zero-order chi connectivity index (χ0) is 37.7. The summed E-state index contributed by atoms with van der Waals surface area (Å²) in [5.74, 6) is 4.01. The highest BCUT2D eigenvalue weighted by Gasteiger charge is 2.52. The van der Waals surface area contributed by atoms with Gasteiger partial charge in [0.15, 0.2) is 0 Å². The lowest BCUT2D eigenvalue weighted by atomic mass is 9.66. The van der Waals surface area contributed by atoms with E-state index < -0.39 is 5.41 Å². The highest BCUT2D eigenvalue weighted by Crippen LogP contribution is 2.64. The second-order valence-electron chi connectivity index (χ2n) is 15.6. The molecule has 1 spiro atoms. The Morgan fingerprint density at radius 2 is 1.14 bits per heavy atom. The minimum absolute atomic E-state index is 0.123. The predicted molar refractivity (Wildman–Crippen MR) is 230 cm³/mol. The number of fused-ring (bicyclic) bond motifs is 14. The molecule has 2 unspecified atom stereocenters. The molecule has 8 aromatic carbocycles. The highest BCUT2D eigenvalue weighted by molar-refractivity contribution is 6.05. The van der Waals surface area contributed by atoms with Gasteiger partial charge in [-0.1, -0.05) is 146 Å². The van der Waals surface area contributed by atoms with Crippen molar-refractivity contribution in [1.29, 1.82) is 0 Å². The van der Waals surface area contributed by atoms with Crippen LogP contribution >= 0.6 is 0 Å². The molecule has 3 heteroatoms. The van der Waals surface area contributed by atoms with Crippen LogP contribution in [0, 0.1) is 5.92 Å². The van der Waals surface area contributed by atoms with Crippen LogP contribution < -0.4 is 14.4 Å². The highest BCUT2D eigenvalue weighted by atomic mass is 16.5. The molecule has 0 amide bonds. The molecule has 4 aliphatic rings. The number of nitrogens with zero attached hydrogens (tertiary/aromatic N) is 1. The van der Waals surface area contributed by atoms with Crippen LogP contribution in [0.15, 0.2) is 206 Å². The van der Waals surface area contributed by atoms with E-state index in [0.717, 1.165) is 45.5 Å². The van der Waals surface area contributed by atoms with Gasteiger partial charge >= 0.3 is 0 Å². The third-order valence-corrected chi connectivity index (χ3v) is 12.7. The summed E-state index contributed by atoms with van der Waals surface area (Å²) in [6, 6.07) is 66.1. The molecule has 0 saturated carbocycles. The van der Waals surface area contributed by atoms with Gasteiger partial charge in [-0.05, 0) is 98.8 Å². The second-order valence-corrected chi connectivity index (χ2v) is 15.6. The third-order valence-electron chi connectivity index (χ3n) is 12.7. The van der Waals surface area contributed by atoms with Crippen molar-refractivity contribution in [3.63, 3.8) is 0 Å². The molecule has 270 valence electrons. The van der Waals surface area contributed by atoms with Gasteiger partial charge < -0.3 is 14.4 Å². The van der Waals surface area contributed by atoms with Crippen LogP contribution in [0.2, 0.25) is 0 Å². The molecule has 0 bridgehead atoms. The van der Waals surface area contributed by atoms with Crippen LogP contribution in [0.3, 0.4) is 0 Å². The van der Waals surface area contributed by atoms with E-state index in [1.54, 1.807) is 0 Å². The van der Waals surface area contributed by atoms with Gasteiger partial charge in [-0.3, -0.25) is 0 Å². The standard InChI is InChI=1S/C54H37NO2/c1-34-47(31-32-51-52(34)42-17-7-10-20-48(42)56-51)55(38-26-23-36(24-27-38)35-13-3-2-4-14-35)39-28-29-41-46(33-39)54(45-30-25-37-15-5-6-16-40(37)53(41)45)43-18-8-11-21-49(43)57-50-22-12-9-19-44(50)54/h2-34,52H,1H3. The minimum Gasteiger partial charge on any atom is -0.461 e. The largest absolute Gasteiger partial charge is 0.461 e. The van der Waals surface area contributed by atoms with Gasteiger partial charge in [-0.15, -0.1) is 0 Å². The molecule has 0 aromatic heterocycles. The molecule has 57 heavy (non-hydrogen) atoms. The van der Waals surface area contributed by atoms with Crippen molar-refractivity contribution in [2.45, 2.75) is 18.3 Å². The molecule has 2 heterocycles. The normalized spacial score (nSPS) is 17.5. The van der Waals surface area contributed by atoms with Crippen LogP contribution in [0.5, 0.6) is 17.2 Å². The quantitative estimate of drug-likeness (QED) is 0.180. The molecule has 2 atom stereocenters. The van der Waals surface area contributed by atoms with Crippen LogP contribution in [-0.2, 0) is 5.41 Å². The lowest BCUT2D eigenvalue weighted by molar-refractivity contribution is 0.397. The summed E-state index contributed by atoms with van der Waals surface area (Å²) >= 11 is 0. The number of hydrogen-bond acceptors (Lipinski definition) is 3. The first kappa shape index (κ1) is 32.2. The summed E-state index contributed by atoms with van der Waals surface area (Å²) in [5.41, 5.74) is 13.9. The fraction of sp³-hybridized carbons (Fsp3) is 0.0741. The molecular weight excluding hydrogens is 695 g/mol. The fourth-order valence-corrected chi connectivity index (χ4v) is 10.3.